The van der Waals surface area contributed by atoms with Crippen molar-refractivity contribution in [3.63, 3.8) is 0 Å². The molecule has 6 nitrogen and oxygen atoms in total. The van der Waals surface area contributed by atoms with Gasteiger partial charge in [0.05, 0.1) is 23.2 Å². The first-order valence-electron chi connectivity index (χ1n) is 10.6. The SMILES string of the molecule is CCN(C)C(=O)[C@H]1CC[C@@H](NC(=O)c2cc(C3CC3)nc3ccccc23)[C@H](O)C1. The average Bonchev–Trinajstić information content (AvgIpc) is 3.58. The molecule has 2 saturated carbocycles. The third kappa shape index (κ3) is 4.13. The molecule has 2 fully saturated rings. The Balaban J connectivity index is 1.49. The molecule has 2 aromatic rings. The molecule has 1 aromatic carbocycles. The van der Waals surface area contributed by atoms with Gasteiger partial charge in [-0.2, -0.15) is 0 Å². The summed E-state index contributed by atoms with van der Waals surface area (Å²) >= 11 is 0. The zero-order valence-corrected chi connectivity index (χ0v) is 17.1. The van der Waals surface area contributed by atoms with Crippen molar-refractivity contribution >= 4 is 22.7 Å². The predicted octanol–water partition coefficient (Wildman–Crippen LogP) is 2.85. The second-order valence-corrected chi connectivity index (χ2v) is 8.40. The molecule has 29 heavy (non-hydrogen) atoms. The van der Waals surface area contributed by atoms with E-state index < -0.39 is 6.10 Å². The standard InChI is InChI=1S/C23H29N3O3/c1-3-26(2)23(29)15-10-11-19(21(27)12-15)25-22(28)17-13-20(14-8-9-14)24-18-7-5-4-6-16(17)18/h4-7,13-15,19,21,27H,3,8-12H2,1-2H3,(H,25,28)/t15-,19+,21+/m0/s1. The minimum atomic E-state index is -0.720. The summed E-state index contributed by atoms with van der Waals surface area (Å²) in [5, 5.41) is 14.5. The number of rotatable bonds is 5. The van der Waals surface area contributed by atoms with Crippen LogP contribution in [0.4, 0.5) is 0 Å². The van der Waals surface area contributed by atoms with E-state index in [-0.39, 0.29) is 23.8 Å². The Morgan fingerprint density at radius 3 is 2.66 bits per heavy atom. The topological polar surface area (TPSA) is 82.5 Å². The number of carbonyl (C=O) groups excluding carboxylic acids is 2. The number of amides is 2. The van der Waals surface area contributed by atoms with Crippen LogP contribution in [0.5, 0.6) is 0 Å². The number of fused-ring (bicyclic) bond motifs is 1. The summed E-state index contributed by atoms with van der Waals surface area (Å²) in [5.74, 6) is 0.176. The summed E-state index contributed by atoms with van der Waals surface area (Å²) in [7, 11) is 1.79. The van der Waals surface area contributed by atoms with E-state index in [0.717, 1.165) is 29.4 Å². The van der Waals surface area contributed by atoms with Gasteiger partial charge in [-0.25, -0.2) is 0 Å². The summed E-state index contributed by atoms with van der Waals surface area (Å²) in [6.07, 6.45) is 3.18. The van der Waals surface area contributed by atoms with Crippen molar-refractivity contribution in [3.8, 4) is 0 Å². The zero-order chi connectivity index (χ0) is 20.5. The molecule has 6 heteroatoms. The van der Waals surface area contributed by atoms with Crippen molar-refractivity contribution < 1.29 is 14.7 Å². The Morgan fingerprint density at radius 2 is 1.97 bits per heavy atom. The van der Waals surface area contributed by atoms with Crippen LogP contribution < -0.4 is 5.32 Å². The first-order valence-corrected chi connectivity index (χ1v) is 10.6. The number of para-hydroxylation sites is 1. The van der Waals surface area contributed by atoms with Gasteiger partial charge in [-0.3, -0.25) is 14.6 Å². The number of aromatic nitrogens is 1. The molecule has 0 radical (unpaired) electrons. The number of nitrogens with one attached hydrogen (secondary N) is 1. The lowest BCUT2D eigenvalue weighted by Gasteiger charge is -2.34. The molecule has 2 aliphatic rings. The smallest absolute Gasteiger partial charge is 0.252 e. The minimum absolute atomic E-state index is 0.0746. The minimum Gasteiger partial charge on any atom is -0.391 e. The van der Waals surface area contributed by atoms with Gasteiger partial charge in [0, 0.05) is 36.5 Å². The van der Waals surface area contributed by atoms with Crippen LogP contribution in [0.1, 0.15) is 61.0 Å². The molecule has 3 atom stereocenters. The molecular formula is C23H29N3O3. The third-order valence-corrected chi connectivity index (χ3v) is 6.31. The fourth-order valence-electron chi connectivity index (χ4n) is 4.23. The number of benzene rings is 1. The third-order valence-electron chi connectivity index (χ3n) is 6.31. The highest BCUT2D eigenvalue weighted by atomic mass is 16.3. The summed E-state index contributed by atoms with van der Waals surface area (Å²) in [5.41, 5.74) is 2.43. The van der Waals surface area contributed by atoms with Crippen LogP contribution >= 0.6 is 0 Å². The largest absolute Gasteiger partial charge is 0.391 e. The van der Waals surface area contributed by atoms with E-state index >= 15 is 0 Å². The molecule has 1 aromatic heterocycles. The van der Waals surface area contributed by atoms with Gasteiger partial charge in [0.2, 0.25) is 5.91 Å². The first-order chi connectivity index (χ1) is 14.0. The molecule has 2 aliphatic carbocycles. The van der Waals surface area contributed by atoms with Crippen molar-refractivity contribution in [1.29, 1.82) is 0 Å². The van der Waals surface area contributed by atoms with Crippen LogP contribution in [-0.4, -0.2) is 52.5 Å². The maximum Gasteiger partial charge on any atom is 0.252 e. The van der Waals surface area contributed by atoms with E-state index in [9.17, 15) is 14.7 Å². The van der Waals surface area contributed by atoms with Gasteiger partial charge in [0.25, 0.3) is 5.91 Å². The van der Waals surface area contributed by atoms with Gasteiger partial charge >= 0.3 is 0 Å². The van der Waals surface area contributed by atoms with Gasteiger partial charge < -0.3 is 15.3 Å². The molecule has 154 valence electrons. The van der Waals surface area contributed by atoms with Gasteiger partial charge in [-0.1, -0.05) is 18.2 Å². The fourth-order valence-corrected chi connectivity index (χ4v) is 4.23. The van der Waals surface area contributed by atoms with E-state index in [1.165, 1.54) is 0 Å². The molecule has 0 bridgehead atoms. The van der Waals surface area contributed by atoms with Crippen molar-refractivity contribution in [3.05, 3.63) is 41.6 Å². The van der Waals surface area contributed by atoms with Crippen molar-refractivity contribution in [2.24, 2.45) is 5.92 Å². The molecule has 0 unspecified atom stereocenters. The summed E-state index contributed by atoms with van der Waals surface area (Å²) < 4.78 is 0. The number of aliphatic hydroxyl groups excluding tert-OH is 1. The van der Waals surface area contributed by atoms with Gasteiger partial charge in [0.15, 0.2) is 0 Å². The van der Waals surface area contributed by atoms with Crippen molar-refractivity contribution in [2.75, 3.05) is 13.6 Å². The number of aliphatic hydroxyl groups is 1. The Kier molecular flexibility index (Phi) is 5.54. The van der Waals surface area contributed by atoms with Crippen LogP contribution in [0.2, 0.25) is 0 Å². The highest BCUT2D eigenvalue weighted by Gasteiger charge is 2.35. The zero-order valence-electron chi connectivity index (χ0n) is 17.1. The molecule has 4 rings (SSSR count). The van der Waals surface area contributed by atoms with Crippen LogP contribution in [0.15, 0.2) is 30.3 Å². The number of nitrogens with zero attached hydrogens (tertiary/aromatic N) is 2. The number of hydrogen-bond donors (Lipinski definition) is 2. The van der Waals surface area contributed by atoms with E-state index in [2.05, 4.69) is 5.32 Å². The van der Waals surface area contributed by atoms with Crippen LogP contribution in [0, 0.1) is 5.92 Å². The normalized spacial score (nSPS) is 24.3. The maximum absolute atomic E-state index is 13.1. The summed E-state index contributed by atoms with van der Waals surface area (Å²) in [6.45, 7) is 2.60. The highest BCUT2D eigenvalue weighted by molar-refractivity contribution is 6.06. The van der Waals surface area contributed by atoms with Crippen molar-refractivity contribution in [1.82, 2.24) is 15.2 Å². The Morgan fingerprint density at radius 1 is 1.21 bits per heavy atom. The lowest BCUT2D eigenvalue weighted by molar-refractivity contribution is -0.136. The Labute approximate surface area is 171 Å². The van der Waals surface area contributed by atoms with E-state index in [4.69, 9.17) is 4.98 Å². The lowest BCUT2D eigenvalue weighted by Crippen LogP contribution is -2.49. The fraction of sp³-hybridized carbons (Fsp3) is 0.522. The van der Waals surface area contributed by atoms with Crippen molar-refractivity contribution in [2.45, 2.75) is 57.1 Å². The monoisotopic (exact) mass is 395 g/mol. The first kappa shape index (κ1) is 19.8. The van der Waals surface area contributed by atoms with Gasteiger partial charge in [-0.05, 0) is 51.2 Å². The molecule has 2 N–H and O–H groups in total. The molecule has 1 heterocycles. The lowest BCUT2D eigenvalue weighted by atomic mass is 9.83. The molecule has 0 aliphatic heterocycles. The molecular weight excluding hydrogens is 366 g/mol. The Hall–Kier alpha value is -2.47. The number of pyridine rings is 1. The summed E-state index contributed by atoms with van der Waals surface area (Å²) in [4.78, 5) is 31.9. The average molecular weight is 396 g/mol. The van der Waals surface area contributed by atoms with E-state index in [0.29, 0.717) is 37.3 Å². The molecule has 2 amide bonds. The second kappa shape index (κ2) is 8.11. The predicted molar refractivity (Wildman–Crippen MR) is 112 cm³/mol. The summed E-state index contributed by atoms with van der Waals surface area (Å²) in [6, 6.07) is 9.27. The van der Waals surface area contributed by atoms with Crippen LogP contribution in [0.3, 0.4) is 0 Å². The van der Waals surface area contributed by atoms with Gasteiger partial charge in [-0.15, -0.1) is 0 Å². The Bertz CT molecular complexity index is 925. The van der Waals surface area contributed by atoms with E-state index in [1.807, 2.05) is 37.3 Å². The molecule has 0 spiro atoms. The maximum atomic E-state index is 13.1. The highest BCUT2D eigenvalue weighted by Crippen LogP contribution is 2.40. The number of carbonyl (C=O) groups is 2. The van der Waals surface area contributed by atoms with Gasteiger partial charge in [0.1, 0.15) is 0 Å². The quantitative estimate of drug-likeness (QED) is 0.816. The van der Waals surface area contributed by atoms with E-state index in [1.54, 1.807) is 11.9 Å². The number of hydrogen-bond acceptors (Lipinski definition) is 4. The van der Waals surface area contributed by atoms with Crippen LogP contribution in [0.25, 0.3) is 10.9 Å². The molecule has 0 saturated heterocycles. The second-order valence-electron chi connectivity index (χ2n) is 8.40. The van der Waals surface area contributed by atoms with Crippen LogP contribution in [-0.2, 0) is 4.79 Å².